The number of hydrogen-bond acceptors (Lipinski definition) is 6. The summed E-state index contributed by atoms with van der Waals surface area (Å²) in [6.07, 6.45) is 3.79. The molecule has 7 heteroatoms. The summed E-state index contributed by atoms with van der Waals surface area (Å²) in [5, 5.41) is 21.8. The van der Waals surface area contributed by atoms with Crippen LogP contribution in [0.4, 0.5) is 0 Å². The van der Waals surface area contributed by atoms with Crippen LogP contribution in [0.5, 0.6) is 0 Å². The monoisotopic (exact) mass is 343 g/mol. The Morgan fingerprint density at radius 3 is 2.25 bits per heavy atom. The van der Waals surface area contributed by atoms with Crippen LogP contribution in [0.25, 0.3) is 0 Å². The number of nitro groups is 1. The lowest BCUT2D eigenvalue weighted by Gasteiger charge is -2.44. The van der Waals surface area contributed by atoms with Gasteiger partial charge in [-0.25, -0.2) is 0 Å². The van der Waals surface area contributed by atoms with Gasteiger partial charge in [-0.1, -0.05) is 20.3 Å². The second-order valence-corrected chi connectivity index (χ2v) is 7.73. The number of rotatable bonds is 7. The van der Waals surface area contributed by atoms with E-state index >= 15 is 0 Å². The first-order valence-corrected chi connectivity index (χ1v) is 8.89. The maximum atomic E-state index is 11.8. The van der Waals surface area contributed by atoms with Crippen LogP contribution in [0.1, 0.15) is 65.2 Å². The van der Waals surface area contributed by atoms with Crippen LogP contribution in [0.2, 0.25) is 0 Å². The van der Waals surface area contributed by atoms with Gasteiger partial charge in [-0.05, 0) is 18.8 Å². The molecule has 0 aromatic rings. The van der Waals surface area contributed by atoms with Gasteiger partial charge in [0.05, 0.1) is 6.10 Å². The Balaban J connectivity index is 1.94. The SMILES string of the molecule is CC(C)CC(=O)CC(O)CC1([N+](=O)[O-])COC2(CCCCC2)OC1. The molecule has 138 valence electrons. The summed E-state index contributed by atoms with van der Waals surface area (Å²) in [6, 6.07) is 0. The highest BCUT2D eigenvalue weighted by molar-refractivity contribution is 5.79. The number of carbonyl (C=O) groups is 1. The van der Waals surface area contributed by atoms with Gasteiger partial charge in [-0.3, -0.25) is 14.9 Å². The van der Waals surface area contributed by atoms with Gasteiger partial charge in [0.25, 0.3) is 5.54 Å². The first-order chi connectivity index (χ1) is 11.3. The third kappa shape index (κ3) is 4.74. The van der Waals surface area contributed by atoms with Crippen molar-refractivity contribution in [2.24, 2.45) is 5.92 Å². The minimum atomic E-state index is -1.47. The summed E-state index contributed by atoms with van der Waals surface area (Å²) in [6.45, 7) is 3.70. The Bertz CT molecular complexity index is 448. The average Bonchev–Trinajstić information content (AvgIpc) is 2.49. The minimum Gasteiger partial charge on any atom is -0.392 e. The first kappa shape index (κ1) is 19.3. The van der Waals surface area contributed by atoms with Crippen LogP contribution in [0, 0.1) is 16.0 Å². The normalized spacial score (nSPS) is 24.0. The predicted molar refractivity (Wildman–Crippen MR) is 87.1 cm³/mol. The zero-order valence-electron chi connectivity index (χ0n) is 14.7. The highest BCUT2D eigenvalue weighted by atomic mass is 16.7. The number of hydrogen-bond donors (Lipinski definition) is 1. The molecule has 1 heterocycles. The molecule has 7 nitrogen and oxygen atoms in total. The smallest absolute Gasteiger partial charge is 0.270 e. The molecule has 2 fully saturated rings. The highest BCUT2D eigenvalue weighted by Crippen LogP contribution is 2.39. The van der Waals surface area contributed by atoms with Gasteiger partial charge in [0, 0.05) is 37.0 Å². The van der Waals surface area contributed by atoms with Crippen molar-refractivity contribution in [3.63, 3.8) is 0 Å². The van der Waals surface area contributed by atoms with Crippen molar-refractivity contribution in [2.75, 3.05) is 13.2 Å². The predicted octanol–water partition coefficient (Wildman–Crippen LogP) is 2.47. The second-order valence-electron chi connectivity index (χ2n) is 7.73. The molecule has 2 aliphatic rings. The van der Waals surface area contributed by atoms with E-state index in [1.807, 2.05) is 13.8 Å². The minimum absolute atomic E-state index is 0.0566. The van der Waals surface area contributed by atoms with Crippen LogP contribution < -0.4 is 0 Å². The van der Waals surface area contributed by atoms with Gasteiger partial charge in [-0.2, -0.15) is 0 Å². The topological polar surface area (TPSA) is 98.9 Å². The molecule has 0 bridgehead atoms. The molecule has 2 rings (SSSR count). The second kappa shape index (κ2) is 7.89. The molecule has 1 saturated carbocycles. The van der Waals surface area contributed by atoms with Crippen molar-refractivity contribution in [3.8, 4) is 0 Å². The summed E-state index contributed by atoms with van der Waals surface area (Å²) < 4.78 is 11.6. The van der Waals surface area contributed by atoms with Gasteiger partial charge in [0.1, 0.15) is 19.0 Å². The van der Waals surface area contributed by atoms with E-state index in [1.54, 1.807) is 0 Å². The summed E-state index contributed by atoms with van der Waals surface area (Å²) in [4.78, 5) is 23.0. The standard InChI is InChI=1S/C17H29NO6/c1-13(2)8-14(19)9-15(20)10-16(18(21)22)11-23-17(24-12-16)6-4-3-5-7-17/h13,15,20H,3-12H2,1-2H3. The molecule has 1 unspecified atom stereocenters. The van der Waals surface area contributed by atoms with Gasteiger partial charge in [-0.15, -0.1) is 0 Å². The van der Waals surface area contributed by atoms with E-state index in [9.17, 15) is 20.0 Å². The lowest BCUT2D eigenvalue weighted by atomic mass is 9.88. The van der Waals surface area contributed by atoms with Crippen molar-refractivity contribution in [2.45, 2.75) is 82.6 Å². The van der Waals surface area contributed by atoms with E-state index < -0.39 is 22.4 Å². The number of ether oxygens (including phenoxy) is 2. The molecule has 1 N–H and O–H groups in total. The molecule has 0 aromatic carbocycles. The van der Waals surface area contributed by atoms with Crippen molar-refractivity contribution < 1.29 is 24.3 Å². The zero-order chi connectivity index (χ0) is 17.8. The van der Waals surface area contributed by atoms with E-state index in [1.165, 1.54) is 0 Å². The first-order valence-electron chi connectivity index (χ1n) is 8.89. The quantitative estimate of drug-likeness (QED) is 0.563. The van der Waals surface area contributed by atoms with Crippen LogP contribution >= 0.6 is 0 Å². The van der Waals surface area contributed by atoms with Crippen LogP contribution in [0.3, 0.4) is 0 Å². The van der Waals surface area contributed by atoms with Crippen molar-refractivity contribution in [1.82, 2.24) is 0 Å². The Morgan fingerprint density at radius 2 is 1.75 bits per heavy atom. The highest BCUT2D eigenvalue weighted by Gasteiger charge is 2.53. The molecule has 24 heavy (non-hydrogen) atoms. The largest absolute Gasteiger partial charge is 0.392 e. The molecule has 1 spiro atoms. The molecule has 0 radical (unpaired) electrons. The lowest BCUT2D eigenvalue weighted by molar-refractivity contribution is -0.600. The number of aliphatic hydroxyl groups is 1. The Kier molecular flexibility index (Phi) is 6.33. The fourth-order valence-electron chi connectivity index (χ4n) is 3.60. The third-order valence-corrected chi connectivity index (χ3v) is 4.93. The van der Waals surface area contributed by atoms with Crippen LogP contribution in [-0.4, -0.2) is 46.5 Å². The van der Waals surface area contributed by atoms with E-state index in [0.717, 1.165) is 32.1 Å². The van der Waals surface area contributed by atoms with Gasteiger partial charge < -0.3 is 14.6 Å². The maximum Gasteiger partial charge on any atom is 0.270 e. The van der Waals surface area contributed by atoms with E-state index in [2.05, 4.69) is 0 Å². The number of Topliss-reactive ketones (excluding diaryl/α,β-unsaturated/α-hetero) is 1. The van der Waals surface area contributed by atoms with Crippen LogP contribution in [-0.2, 0) is 14.3 Å². The molecule has 1 aliphatic carbocycles. The number of carbonyl (C=O) groups excluding carboxylic acids is 1. The average molecular weight is 343 g/mol. The number of nitrogens with zero attached hydrogens (tertiary/aromatic N) is 1. The maximum absolute atomic E-state index is 11.8. The molecular weight excluding hydrogens is 314 g/mol. The Hall–Kier alpha value is -1.05. The van der Waals surface area contributed by atoms with Crippen molar-refractivity contribution in [1.29, 1.82) is 0 Å². The number of aliphatic hydroxyl groups excluding tert-OH is 1. The Labute approximate surface area is 142 Å². The van der Waals surface area contributed by atoms with Gasteiger partial charge in [0.15, 0.2) is 5.79 Å². The summed E-state index contributed by atoms with van der Waals surface area (Å²) in [7, 11) is 0. The molecule has 0 amide bonds. The lowest BCUT2D eigenvalue weighted by Crippen LogP contribution is -2.59. The summed E-state index contributed by atoms with van der Waals surface area (Å²) in [5.74, 6) is -0.546. The van der Waals surface area contributed by atoms with Gasteiger partial charge >= 0.3 is 0 Å². The fourth-order valence-corrected chi connectivity index (χ4v) is 3.60. The molecular formula is C17H29NO6. The van der Waals surface area contributed by atoms with Crippen molar-refractivity contribution in [3.05, 3.63) is 10.1 Å². The van der Waals surface area contributed by atoms with E-state index in [-0.39, 0.29) is 37.8 Å². The third-order valence-electron chi connectivity index (χ3n) is 4.93. The molecule has 1 atom stereocenters. The summed E-state index contributed by atoms with van der Waals surface area (Å²) in [5.41, 5.74) is -1.47. The molecule has 1 saturated heterocycles. The Morgan fingerprint density at radius 1 is 1.17 bits per heavy atom. The van der Waals surface area contributed by atoms with Crippen molar-refractivity contribution >= 4 is 5.78 Å². The van der Waals surface area contributed by atoms with E-state index in [0.29, 0.717) is 6.42 Å². The number of ketones is 1. The summed E-state index contributed by atoms with van der Waals surface area (Å²) >= 11 is 0. The van der Waals surface area contributed by atoms with E-state index in [4.69, 9.17) is 9.47 Å². The molecule has 1 aliphatic heterocycles. The van der Waals surface area contributed by atoms with Gasteiger partial charge in [0.2, 0.25) is 0 Å². The van der Waals surface area contributed by atoms with Crippen LogP contribution in [0.15, 0.2) is 0 Å². The molecule has 0 aromatic heterocycles. The fraction of sp³-hybridized carbons (Fsp3) is 0.941. The zero-order valence-corrected chi connectivity index (χ0v) is 14.7.